The van der Waals surface area contributed by atoms with Crippen LogP contribution < -0.4 is 15.4 Å². The molecule has 3 heterocycles. The Hall–Kier alpha value is -3.30. The Balaban J connectivity index is 1.52. The summed E-state index contributed by atoms with van der Waals surface area (Å²) in [5.74, 6) is 0.549. The lowest BCUT2D eigenvalue weighted by Crippen LogP contribution is -2.51. The molecule has 2 aliphatic heterocycles. The monoisotopic (exact) mass is 496 g/mol. The molecule has 0 saturated carbocycles. The third kappa shape index (κ3) is 5.74. The molecule has 0 aliphatic carbocycles. The highest BCUT2D eigenvalue weighted by atomic mass is 19.1. The molecule has 2 aliphatic rings. The summed E-state index contributed by atoms with van der Waals surface area (Å²) in [4.78, 5) is 15.6. The molecule has 7 nitrogen and oxygen atoms in total. The first-order valence-corrected chi connectivity index (χ1v) is 12.3. The van der Waals surface area contributed by atoms with Crippen LogP contribution in [-0.2, 0) is 0 Å². The third-order valence-corrected chi connectivity index (χ3v) is 6.89. The lowest BCUT2D eigenvalue weighted by atomic mass is 10.0. The molecular formula is C27H34F2N6O. The molecule has 4 rings (SSSR count). The summed E-state index contributed by atoms with van der Waals surface area (Å²) >= 11 is 0. The minimum Gasteiger partial charge on any atom is -0.494 e. The second kappa shape index (κ2) is 11.6. The van der Waals surface area contributed by atoms with E-state index < -0.39 is 0 Å². The third-order valence-electron chi connectivity index (χ3n) is 6.89. The van der Waals surface area contributed by atoms with E-state index in [1.165, 1.54) is 32.0 Å². The molecular weight excluding hydrogens is 462 g/mol. The number of ether oxygens (including phenoxy) is 1. The Morgan fingerprint density at radius 2 is 1.92 bits per heavy atom. The van der Waals surface area contributed by atoms with Gasteiger partial charge >= 0.3 is 0 Å². The van der Waals surface area contributed by atoms with Gasteiger partial charge in [0.1, 0.15) is 23.8 Å². The van der Waals surface area contributed by atoms with Crippen molar-refractivity contribution in [2.75, 3.05) is 63.6 Å². The van der Waals surface area contributed by atoms with Crippen molar-refractivity contribution in [1.29, 1.82) is 0 Å². The maximum atomic E-state index is 14.6. The number of aromatic nitrogens is 2. The van der Waals surface area contributed by atoms with Crippen molar-refractivity contribution in [3.63, 3.8) is 0 Å². The van der Waals surface area contributed by atoms with Crippen molar-refractivity contribution < 1.29 is 13.5 Å². The van der Waals surface area contributed by atoms with E-state index in [0.717, 1.165) is 38.3 Å². The second-order valence-corrected chi connectivity index (χ2v) is 9.08. The summed E-state index contributed by atoms with van der Waals surface area (Å²) in [5.41, 5.74) is 8.30. The number of hydrogen-bond donors (Lipinski definition) is 1. The van der Waals surface area contributed by atoms with Crippen molar-refractivity contribution in [3.05, 3.63) is 72.1 Å². The number of hydrogen-bond acceptors (Lipinski definition) is 7. The molecule has 1 atom stereocenters. The zero-order chi connectivity index (χ0) is 25.7. The number of anilines is 2. The maximum absolute atomic E-state index is 14.6. The van der Waals surface area contributed by atoms with Gasteiger partial charge in [0.15, 0.2) is 11.6 Å². The molecule has 1 aromatic carbocycles. The molecule has 2 fully saturated rings. The molecule has 0 unspecified atom stereocenters. The Morgan fingerprint density at radius 3 is 2.53 bits per heavy atom. The quantitative estimate of drug-likeness (QED) is 0.522. The first-order chi connectivity index (χ1) is 17.4. The summed E-state index contributed by atoms with van der Waals surface area (Å²) < 4.78 is 33.3. The zero-order valence-corrected chi connectivity index (χ0v) is 21.0. The largest absolute Gasteiger partial charge is 0.494 e. The minimum atomic E-state index is -0.357. The van der Waals surface area contributed by atoms with E-state index in [0.29, 0.717) is 35.9 Å². The van der Waals surface area contributed by atoms with Gasteiger partial charge in [-0.05, 0) is 55.8 Å². The Bertz CT molecular complexity index is 1140. The van der Waals surface area contributed by atoms with E-state index >= 15 is 0 Å². The van der Waals surface area contributed by atoms with Crippen molar-refractivity contribution in [2.45, 2.75) is 19.4 Å². The van der Waals surface area contributed by atoms with E-state index in [9.17, 15) is 8.78 Å². The molecule has 1 aromatic heterocycles. The first kappa shape index (κ1) is 25.8. The Kier molecular flexibility index (Phi) is 8.32. The van der Waals surface area contributed by atoms with Crippen molar-refractivity contribution in [3.8, 4) is 5.75 Å². The average molecular weight is 497 g/mol. The van der Waals surface area contributed by atoms with Gasteiger partial charge in [-0.15, -0.1) is 0 Å². The molecule has 0 spiro atoms. The van der Waals surface area contributed by atoms with Crippen LogP contribution in [0, 0.1) is 5.82 Å². The molecule has 9 heteroatoms. The SMILES string of the molecule is C=C(/C=C\C(F)=C/C)c1c(N)ncnc1N1CCN([C@@H](CN2CCC2)c2ccc(OC)c(F)c2)CC1. The minimum absolute atomic E-state index is 0.0736. The molecule has 0 radical (unpaired) electrons. The lowest BCUT2D eigenvalue weighted by Gasteiger charge is -2.43. The second-order valence-electron chi connectivity index (χ2n) is 9.08. The molecule has 0 amide bonds. The van der Waals surface area contributed by atoms with Gasteiger partial charge in [0, 0.05) is 38.8 Å². The summed E-state index contributed by atoms with van der Waals surface area (Å²) in [5, 5.41) is 0. The summed E-state index contributed by atoms with van der Waals surface area (Å²) in [7, 11) is 1.48. The first-order valence-electron chi connectivity index (χ1n) is 12.3. The van der Waals surface area contributed by atoms with Gasteiger partial charge < -0.3 is 20.3 Å². The molecule has 192 valence electrons. The number of benzene rings is 1. The van der Waals surface area contributed by atoms with Crippen LogP contribution in [0.5, 0.6) is 5.75 Å². The van der Waals surface area contributed by atoms with Gasteiger partial charge in [-0.3, -0.25) is 4.90 Å². The number of methoxy groups -OCH3 is 1. The van der Waals surface area contributed by atoms with Gasteiger partial charge in [-0.2, -0.15) is 0 Å². The van der Waals surface area contributed by atoms with Crippen molar-refractivity contribution in [1.82, 2.24) is 19.8 Å². The highest BCUT2D eigenvalue weighted by Gasteiger charge is 2.30. The van der Waals surface area contributed by atoms with Crippen molar-refractivity contribution >= 4 is 17.2 Å². The number of halogens is 2. The van der Waals surface area contributed by atoms with Crippen LogP contribution in [-0.4, -0.2) is 72.7 Å². The van der Waals surface area contributed by atoms with E-state index in [1.54, 1.807) is 25.1 Å². The van der Waals surface area contributed by atoms with Gasteiger partial charge in [0.05, 0.1) is 12.7 Å². The highest BCUT2D eigenvalue weighted by Crippen LogP contribution is 2.32. The van der Waals surface area contributed by atoms with Crippen LogP contribution in [0.15, 0.2) is 55.2 Å². The van der Waals surface area contributed by atoms with Gasteiger partial charge in [0.25, 0.3) is 0 Å². The van der Waals surface area contributed by atoms with Crippen LogP contribution >= 0.6 is 0 Å². The van der Waals surface area contributed by atoms with E-state index in [2.05, 4.69) is 31.2 Å². The van der Waals surface area contributed by atoms with E-state index in [-0.39, 0.29) is 23.4 Å². The number of rotatable bonds is 9. The molecule has 0 bridgehead atoms. The fraction of sp³-hybridized carbons (Fsp3) is 0.407. The average Bonchev–Trinajstić information content (AvgIpc) is 2.86. The molecule has 2 saturated heterocycles. The topological polar surface area (TPSA) is 70.8 Å². The number of nitrogen functional groups attached to an aromatic ring is 1. The fourth-order valence-electron chi connectivity index (χ4n) is 4.67. The number of nitrogens with zero attached hydrogens (tertiary/aromatic N) is 5. The number of nitrogens with two attached hydrogens (primary N) is 1. The standard InChI is InChI=1S/C27H34F2N6O/c1-4-21(28)8-6-19(2)25-26(30)31-18-32-27(25)35-14-12-34(13-15-35)23(17-33-10-5-11-33)20-7-9-24(36-3)22(29)16-20/h4,6-9,16,18,23H,2,5,10-15,17H2,1,3H3,(H2,30,31,32)/b8-6-,21-4+/t23-/m0/s1. The maximum Gasteiger partial charge on any atom is 0.165 e. The van der Waals surface area contributed by atoms with Gasteiger partial charge in [0.2, 0.25) is 0 Å². The number of likely N-dealkylation sites (tertiary alicyclic amines) is 1. The van der Waals surface area contributed by atoms with Crippen molar-refractivity contribution in [2.24, 2.45) is 0 Å². The van der Waals surface area contributed by atoms with Crippen LogP contribution in [0.3, 0.4) is 0 Å². The molecule has 36 heavy (non-hydrogen) atoms. The van der Waals surface area contributed by atoms with Crippen LogP contribution in [0.1, 0.15) is 30.5 Å². The summed E-state index contributed by atoms with van der Waals surface area (Å²) in [6, 6.07) is 5.33. The Labute approximate surface area is 211 Å². The predicted molar refractivity (Wildman–Crippen MR) is 140 cm³/mol. The van der Waals surface area contributed by atoms with Crippen LogP contribution in [0.2, 0.25) is 0 Å². The predicted octanol–water partition coefficient (Wildman–Crippen LogP) is 4.22. The molecule has 2 N–H and O–H groups in total. The smallest absolute Gasteiger partial charge is 0.165 e. The summed E-state index contributed by atoms with van der Waals surface area (Å²) in [6.07, 6.45) is 6.96. The van der Waals surface area contributed by atoms with Crippen LogP contribution in [0.4, 0.5) is 20.4 Å². The van der Waals surface area contributed by atoms with E-state index in [4.69, 9.17) is 10.5 Å². The summed E-state index contributed by atoms with van der Waals surface area (Å²) in [6.45, 7) is 11.7. The van der Waals surface area contributed by atoms with Gasteiger partial charge in [-0.1, -0.05) is 24.8 Å². The highest BCUT2D eigenvalue weighted by molar-refractivity contribution is 5.85. The van der Waals surface area contributed by atoms with Crippen LogP contribution in [0.25, 0.3) is 5.57 Å². The zero-order valence-electron chi connectivity index (χ0n) is 21.0. The lowest BCUT2D eigenvalue weighted by molar-refractivity contribution is 0.0964. The number of piperazine rings is 1. The normalized spacial score (nSPS) is 18.3. The van der Waals surface area contributed by atoms with E-state index in [1.807, 2.05) is 6.07 Å². The fourth-order valence-corrected chi connectivity index (χ4v) is 4.67. The Morgan fingerprint density at radius 1 is 1.17 bits per heavy atom. The number of allylic oxidation sites excluding steroid dienone is 5. The molecule has 2 aromatic rings. The van der Waals surface area contributed by atoms with Gasteiger partial charge in [-0.25, -0.2) is 18.7 Å².